The summed E-state index contributed by atoms with van der Waals surface area (Å²) in [6.07, 6.45) is 3.06. The van der Waals surface area contributed by atoms with E-state index in [0.29, 0.717) is 27.5 Å². The lowest BCUT2D eigenvalue weighted by Crippen LogP contribution is -2.13. The van der Waals surface area contributed by atoms with E-state index in [1.54, 1.807) is 12.3 Å². The molecule has 0 amide bonds. The minimum atomic E-state index is -0.895. The van der Waals surface area contributed by atoms with Crippen molar-refractivity contribution in [1.82, 2.24) is 20.2 Å². The summed E-state index contributed by atoms with van der Waals surface area (Å²) >= 11 is 7.65. The van der Waals surface area contributed by atoms with Gasteiger partial charge in [0, 0.05) is 29.6 Å². The predicted octanol–water partition coefficient (Wildman–Crippen LogP) is 3.25. The molecule has 0 bridgehead atoms. The number of aliphatic hydroxyl groups is 2. The average molecular weight is 392 g/mol. The molecule has 7 nitrogen and oxygen atoms in total. The lowest BCUT2D eigenvalue weighted by molar-refractivity contribution is 0.0984. The third-order valence-corrected chi connectivity index (χ3v) is 5.79. The molecule has 3 N–H and O–H groups in total. The SMILES string of the molecule is CN(c1cc(C2CC2)[nH]n1)c1nc(-c2ccc(C(O)CO)s2)ncc1Cl. The molecule has 1 aliphatic carbocycles. The molecule has 0 saturated heterocycles. The van der Waals surface area contributed by atoms with Gasteiger partial charge in [0.15, 0.2) is 17.5 Å². The second-order valence-corrected chi connectivity index (χ2v) is 7.80. The van der Waals surface area contributed by atoms with Crippen molar-refractivity contribution >= 4 is 34.6 Å². The summed E-state index contributed by atoms with van der Waals surface area (Å²) < 4.78 is 0. The molecule has 0 spiro atoms. The Labute approximate surface area is 159 Å². The number of anilines is 2. The monoisotopic (exact) mass is 391 g/mol. The topological polar surface area (TPSA) is 98.2 Å². The maximum atomic E-state index is 9.76. The number of aromatic nitrogens is 4. The Balaban J connectivity index is 1.63. The molecule has 9 heteroatoms. The first-order valence-corrected chi connectivity index (χ1v) is 9.47. The summed E-state index contributed by atoms with van der Waals surface area (Å²) in [7, 11) is 1.86. The molecule has 3 aromatic rings. The summed E-state index contributed by atoms with van der Waals surface area (Å²) in [5.41, 5.74) is 1.14. The number of thiophene rings is 1. The highest BCUT2D eigenvalue weighted by Crippen LogP contribution is 2.40. The van der Waals surface area contributed by atoms with Gasteiger partial charge >= 0.3 is 0 Å². The molecule has 1 saturated carbocycles. The van der Waals surface area contributed by atoms with E-state index in [1.165, 1.54) is 24.2 Å². The number of hydrogen-bond donors (Lipinski definition) is 3. The van der Waals surface area contributed by atoms with Gasteiger partial charge in [0.2, 0.25) is 0 Å². The van der Waals surface area contributed by atoms with Crippen molar-refractivity contribution in [3.05, 3.63) is 40.0 Å². The molecular formula is C17H18ClN5O2S. The number of H-pyrrole nitrogens is 1. The van der Waals surface area contributed by atoms with Gasteiger partial charge in [-0.25, -0.2) is 9.97 Å². The van der Waals surface area contributed by atoms with Crippen LogP contribution < -0.4 is 4.90 Å². The van der Waals surface area contributed by atoms with Crippen molar-refractivity contribution in [3.8, 4) is 10.7 Å². The van der Waals surface area contributed by atoms with Crippen LogP contribution >= 0.6 is 22.9 Å². The van der Waals surface area contributed by atoms with Crippen molar-refractivity contribution in [2.24, 2.45) is 0 Å². The molecule has 1 aliphatic rings. The summed E-state index contributed by atoms with van der Waals surface area (Å²) in [5.74, 6) is 2.41. The van der Waals surface area contributed by atoms with Crippen molar-refractivity contribution in [3.63, 3.8) is 0 Å². The molecule has 0 aromatic carbocycles. The smallest absolute Gasteiger partial charge is 0.171 e. The minimum absolute atomic E-state index is 0.322. The average Bonchev–Trinajstić information content (AvgIpc) is 3.19. The van der Waals surface area contributed by atoms with Crippen LogP contribution in [0.15, 0.2) is 24.4 Å². The second-order valence-electron chi connectivity index (χ2n) is 6.28. The van der Waals surface area contributed by atoms with Gasteiger partial charge < -0.3 is 15.1 Å². The number of hydrogen-bond acceptors (Lipinski definition) is 7. The molecule has 3 aromatic heterocycles. The highest BCUT2D eigenvalue weighted by Gasteiger charge is 2.26. The maximum Gasteiger partial charge on any atom is 0.171 e. The first-order chi connectivity index (χ1) is 12.6. The van der Waals surface area contributed by atoms with E-state index in [2.05, 4.69) is 20.2 Å². The molecule has 1 fully saturated rings. The fourth-order valence-corrected chi connectivity index (χ4v) is 3.81. The van der Waals surface area contributed by atoms with Crippen LogP contribution in [-0.4, -0.2) is 44.0 Å². The maximum absolute atomic E-state index is 9.76. The van der Waals surface area contributed by atoms with E-state index >= 15 is 0 Å². The number of aliphatic hydroxyl groups excluding tert-OH is 2. The molecule has 0 aliphatic heterocycles. The molecule has 136 valence electrons. The molecule has 4 rings (SSSR count). The molecule has 3 heterocycles. The lowest BCUT2D eigenvalue weighted by atomic mass is 10.3. The van der Waals surface area contributed by atoms with Gasteiger partial charge in [-0.3, -0.25) is 5.10 Å². The Morgan fingerprint density at radius 2 is 2.23 bits per heavy atom. The zero-order valence-corrected chi connectivity index (χ0v) is 15.6. The van der Waals surface area contributed by atoms with Crippen molar-refractivity contribution in [1.29, 1.82) is 0 Å². The van der Waals surface area contributed by atoms with Gasteiger partial charge in [0.25, 0.3) is 0 Å². The highest BCUT2D eigenvalue weighted by atomic mass is 35.5. The summed E-state index contributed by atoms with van der Waals surface area (Å²) in [4.78, 5) is 12.2. The molecule has 26 heavy (non-hydrogen) atoms. The normalized spacial score (nSPS) is 15.2. The first kappa shape index (κ1) is 17.4. The van der Waals surface area contributed by atoms with Crippen molar-refractivity contribution in [2.75, 3.05) is 18.6 Å². The van der Waals surface area contributed by atoms with Gasteiger partial charge in [0.1, 0.15) is 11.1 Å². The van der Waals surface area contributed by atoms with Crippen LogP contribution in [0.1, 0.15) is 35.4 Å². The van der Waals surface area contributed by atoms with Crippen LogP contribution in [0.25, 0.3) is 10.7 Å². The number of nitrogens with one attached hydrogen (secondary N) is 1. The van der Waals surface area contributed by atoms with Crippen molar-refractivity contribution < 1.29 is 10.2 Å². The largest absolute Gasteiger partial charge is 0.393 e. The Hall–Kier alpha value is -2.00. The quantitative estimate of drug-likeness (QED) is 0.596. The molecule has 0 radical (unpaired) electrons. The van der Waals surface area contributed by atoms with Crippen LogP contribution in [-0.2, 0) is 0 Å². The summed E-state index contributed by atoms with van der Waals surface area (Å²) in [6.45, 7) is -0.322. The standard InChI is InChI=1S/C17H18ClN5O2S/c1-23(15-6-11(21-22-15)9-2-3-9)17-10(18)7-19-16(20-17)14-5-4-13(26-14)12(25)8-24/h4-7,9,12,24-25H,2-3,8H2,1H3,(H,21,22). The van der Waals surface area contributed by atoms with E-state index in [-0.39, 0.29) is 6.61 Å². The molecule has 1 unspecified atom stereocenters. The van der Waals surface area contributed by atoms with Crippen LogP contribution in [0.2, 0.25) is 5.02 Å². The van der Waals surface area contributed by atoms with Gasteiger partial charge in [0.05, 0.1) is 17.7 Å². The van der Waals surface area contributed by atoms with E-state index in [9.17, 15) is 5.11 Å². The van der Waals surface area contributed by atoms with Gasteiger partial charge in [-0.1, -0.05) is 11.6 Å². The third-order valence-electron chi connectivity index (χ3n) is 4.34. The molecular weight excluding hydrogens is 374 g/mol. The van der Waals surface area contributed by atoms with Crippen molar-refractivity contribution in [2.45, 2.75) is 24.9 Å². The lowest BCUT2D eigenvalue weighted by Gasteiger charge is -2.16. The Bertz CT molecular complexity index is 924. The van der Waals surface area contributed by atoms with Crippen LogP contribution in [0.4, 0.5) is 11.6 Å². The molecule has 1 atom stereocenters. The zero-order chi connectivity index (χ0) is 18.3. The Kier molecular flexibility index (Phi) is 4.66. The van der Waals surface area contributed by atoms with Crippen LogP contribution in [0, 0.1) is 0 Å². The number of rotatable bonds is 6. The van der Waals surface area contributed by atoms with Crippen LogP contribution in [0.3, 0.4) is 0 Å². The van der Waals surface area contributed by atoms with E-state index < -0.39 is 6.10 Å². The van der Waals surface area contributed by atoms with E-state index in [4.69, 9.17) is 16.7 Å². The first-order valence-electron chi connectivity index (χ1n) is 8.27. The number of nitrogens with zero attached hydrogens (tertiary/aromatic N) is 4. The zero-order valence-electron chi connectivity index (χ0n) is 14.1. The van der Waals surface area contributed by atoms with E-state index in [1.807, 2.05) is 24.1 Å². The Morgan fingerprint density at radius 3 is 2.96 bits per heavy atom. The summed E-state index contributed by atoms with van der Waals surface area (Å²) in [5, 5.41) is 26.7. The Morgan fingerprint density at radius 1 is 1.42 bits per heavy atom. The second kappa shape index (κ2) is 6.96. The van der Waals surface area contributed by atoms with Gasteiger partial charge in [-0.2, -0.15) is 5.10 Å². The number of aromatic amines is 1. The van der Waals surface area contributed by atoms with E-state index in [0.717, 1.165) is 16.4 Å². The third kappa shape index (κ3) is 3.33. The van der Waals surface area contributed by atoms with Gasteiger partial charge in [-0.05, 0) is 25.0 Å². The fraction of sp³-hybridized carbons (Fsp3) is 0.353. The predicted molar refractivity (Wildman–Crippen MR) is 101 cm³/mol. The number of halogens is 1. The summed E-state index contributed by atoms with van der Waals surface area (Å²) in [6, 6.07) is 5.61. The van der Waals surface area contributed by atoms with Gasteiger partial charge in [-0.15, -0.1) is 11.3 Å². The van der Waals surface area contributed by atoms with Crippen LogP contribution in [0.5, 0.6) is 0 Å². The highest BCUT2D eigenvalue weighted by molar-refractivity contribution is 7.15. The fourth-order valence-electron chi connectivity index (χ4n) is 2.66. The minimum Gasteiger partial charge on any atom is -0.393 e.